The Bertz CT molecular complexity index is 416. The molecule has 0 atom stereocenters. The summed E-state index contributed by atoms with van der Waals surface area (Å²) in [7, 11) is 0. The van der Waals surface area contributed by atoms with Crippen LogP contribution in [0.15, 0.2) is 36.4 Å². The Balaban J connectivity index is 0.000000256. The first-order chi connectivity index (χ1) is 8.36. The molecule has 0 radical (unpaired) electrons. The molecule has 1 aliphatic carbocycles. The van der Waals surface area contributed by atoms with E-state index >= 15 is 0 Å². The second kappa shape index (κ2) is 7.11. The van der Waals surface area contributed by atoms with E-state index < -0.39 is 0 Å². The van der Waals surface area contributed by atoms with Gasteiger partial charge in [-0.15, -0.1) is 0 Å². The molecule has 92 valence electrons. The van der Waals surface area contributed by atoms with Gasteiger partial charge in [-0.2, -0.15) is 0 Å². The molecule has 0 N–H and O–H groups in total. The van der Waals surface area contributed by atoms with Crippen molar-refractivity contribution in [2.24, 2.45) is 0 Å². The number of hydrogen-bond donors (Lipinski definition) is 0. The van der Waals surface area contributed by atoms with Gasteiger partial charge in [-0.3, -0.25) is 0 Å². The largest absolute Gasteiger partial charge is 0.0683 e. The zero-order valence-electron chi connectivity index (χ0n) is 11.6. The fraction of sp³-hybridized carbons (Fsp3) is 0.412. The SMILES string of the molecule is CC.CCC.c1cc2c3c(cccc3c1)CC2. The van der Waals surface area contributed by atoms with Crippen LogP contribution < -0.4 is 0 Å². The summed E-state index contributed by atoms with van der Waals surface area (Å²) in [5.74, 6) is 0. The van der Waals surface area contributed by atoms with Crippen LogP contribution in [0.2, 0.25) is 0 Å². The van der Waals surface area contributed by atoms with Gasteiger partial charge in [0.05, 0.1) is 0 Å². The maximum absolute atomic E-state index is 2.25. The van der Waals surface area contributed by atoms with Crippen molar-refractivity contribution in [3.05, 3.63) is 47.5 Å². The van der Waals surface area contributed by atoms with Crippen molar-refractivity contribution in [1.29, 1.82) is 0 Å². The Hall–Kier alpha value is -1.30. The Labute approximate surface area is 106 Å². The Kier molecular flexibility index (Phi) is 5.76. The lowest BCUT2D eigenvalue weighted by atomic mass is 10.1. The average molecular weight is 228 g/mol. The minimum Gasteiger partial charge on any atom is -0.0683 e. The van der Waals surface area contributed by atoms with Crippen molar-refractivity contribution in [2.75, 3.05) is 0 Å². The summed E-state index contributed by atoms with van der Waals surface area (Å²) in [6, 6.07) is 13.2. The predicted octanol–water partition coefficient (Wildman–Crippen LogP) is 5.38. The van der Waals surface area contributed by atoms with Gasteiger partial charge < -0.3 is 0 Å². The molecule has 0 aromatic heterocycles. The third-order valence-corrected chi connectivity index (χ3v) is 2.74. The highest BCUT2D eigenvalue weighted by Gasteiger charge is 2.11. The lowest BCUT2D eigenvalue weighted by Gasteiger charge is -1.99. The van der Waals surface area contributed by atoms with Gasteiger partial charge in [0.15, 0.2) is 0 Å². The Morgan fingerprint density at radius 1 is 0.824 bits per heavy atom. The summed E-state index contributed by atoms with van der Waals surface area (Å²) < 4.78 is 0. The van der Waals surface area contributed by atoms with E-state index in [-0.39, 0.29) is 0 Å². The third kappa shape index (κ3) is 3.09. The minimum absolute atomic E-state index is 1.23. The first-order valence-electron chi connectivity index (χ1n) is 6.86. The molecule has 0 fully saturated rings. The van der Waals surface area contributed by atoms with Crippen LogP contribution in [0.4, 0.5) is 0 Å². The van der Waals surface area contributed by atoms with Crippen LogP contribution in [-0.4, -0.2) is 0 Å². The standard InChI is InChI=1S/C12H10.C3H8.C2H6/c1-3-9-4-2-6-11-8-7-10(5-1)12(9)11;1-3-2;1-2/h1-6H,7-8H2;3H2,1-2H3;1-2H3. The molecule has 0 aliphatic heterocycles. The molecule has 2 aromatic carbocycles. The first kappa shape index (κ1) is 13.8. The van der Waals surface area contributed by atoms with Crippen molar-refractivity contribution < 1.29 is 0 Å². The van der Waals surface area contributed by atoms with Gasteiger partial charge in [-0.25, -0.2) is 0 Å². The third-order valence-electron chi connectivity index (χ3n) is 2.74. The predicted molar refractivity (Wildman–Crippen MR) is 78.7 cm³/mol. The molecule has 0 amide bonds. The molecule has 0 heterocycles. The van der Waals surface area contributed by atoms with Crippen LogP contribution in [-0.2, 0) is 12.8 Å². The van der Waals surface area contributed by atoms with Crippen molar-refractivity contribution in [3.8, 4) is 0 Å². The maximum Gasteiger partial charge on any atom is -0.0120 e. The molecule has 2 aromatic rings. The molecule has 0 bridgehead atoms. The molecular formula is C17H24. The lowest BCUT2D eigenvalue weighted by molar-refractivity contribution is 1.02. The van der Waals surface area contributed by atoms with Crippen molar-refractivity contribution >= 4 is 10.8 Å². The van der Waals surface area contributed by atoms with E-state index in [1.54, 1.807) is 0 Å². The Morgan fingerprint density at radius 3 is 1.65 bits per heavy atom. The normalized spacial score (nSPS) is 11.3. The molecule has 0 saturated carbocycles. The van der Waals surface area contributed by atoms with Crippen molar-refractivity contribution in [3.63, 3.8) is 0 Å². The number of rotatable bonds is 0. The quantitative estimate of drug-likeness (QED) is 0.568. The second-order valence-electron chi connectivity index (χ2n) is 4.14. The monoisotopic (exact) mass is 228 g/mol. The van der Waals surface area contributed by atoms with Gasteiger partial charge in [-0.05, 0) is 34.7 Å². The molecule has 0 saturated heterocycles. The first-order valence-corrected chi connectivity index (χ1v) is 6.86. The van der Waals surface area contributed by atoms with Crippen LogP contribution in [0, 0.1) is 0 Å². The van der Waals surface area contributed by atoms with Crippen LogP contribution in [0.1, 0.15) is 45.2 Å². The molecule has 1 aliphatic rings. The van der Waals surface area contributed by atoms with Crippen LogP contribution in [0.3, 0.4) is 0 Å². The smallest absolute Gasteiger partial charge is 0.0120 e. The van der Waals surface area contributed by atoms with E-state index in [2.05, 4.69) is 50.2 Å². The number of aryl methyl sites for hydroxylation is 2. The molecular weight excluding hydrogens is 204 g/mol. The topological polar surface area (TPSA) is 0 Å². The van der Waals surface area contributed by atoms with Gasteiger partial charge >= 0.3 is 0 Å². The van der Waals surface area contributed by atoms with Crippen LogP contribution in [0.5, 0.6) is 0 Å². The average Bonchev–Trinajstić information content (AvgIpc) is 2.79. The summed E-state index contributed by atoms with van der Waals surface area (Å²) in [4.78, 5) is 0. The van der Waals surface area contributed by atoms with E-state index in [0.29, 0.717) is 0 Å². The van der Waals surface area contributed by atoms with E-state index in [1.165, 1.54) is 41.2 Å². The summed E-state index contributed by atoms with van der Waals surface area (Å²) >= 11 is 0. The van der Waals surface area contributed by atoms with Crippen molar-refractivity contribution in [1.82, 2.24) is 0 Å². The van der Waals surface area contributed by atoms with Gasteiger partial charge in [0.25, 0.3) is 0 Å². The fourth-order valence-corrected chi connectivity index (χ4v) is 2.19. The van der Waals surface area contributed by atoms with Crippen LogP contribution >= 0.6 is 0 Å². The van der Waals surface area contributed by atoms with Gasteiger partial charge in [0.2, 0.25) is 0 Å². The zero-order valence-corrected chi connectivity index (χ0v) is 11.6. The molecule has 0 unspecified atom stereocenters. The maximum atomic E-state index is 2.25. The molecule has 0 heteroatoms. The fourth-order valence-electron chi connectivity index (χ4n) is 2.19. The van der Waals surface area contributed by atoms with E-state index in [9.17, 15) is 0 Å². The molecule has 0 nitrogen and oxygen atoms in total. The van der Waals surface area contributed by atoms with Gasteiger partial charge in [-0.1, -0.05) is 70.5 Å². The minimum atomic E-state index is 1.23. The van der Waals surface area contributed by atoms with E-state index in [4.69, 9.17) is 0 Å². The zero-order chi connectivity index (χ0) is 12.7. The Morgan fingerprint density at radius 2 is 1.24 bits per heavy atom. The highest BCUT2D eigenvalue weighted by atomic mass is 14.2. The van der Waals surface area contributed by atoms with E-state index in [0.717, 1.165) is 0 Å². The lowest BCUT2D eigenvalue weighted by Crippen LogP contribution is -1.76. The van der Waals surface area contributed by atoms with Crippen molar-refractivity contribution in [2.45, 2.75) is 47.0 Å². The highest BCUT2D eigenvalue weighted by Crippen LogP contribution is 2.29. The number of benzene rings is 2. The molecule has 0 spiro atoms. The van der Waals surface area contributed by atoms with Gasteiger partial charge in [0, 0.05) is 0 Å². The summed E-state index contributed by atoms with van der Waals surface area (Å²) in [6.45, 7) is 8.25. The number of hydrogen-bond acceptors (Lipinski definition) is 0. The summed E-state index contributed by atoms with van der Waals surface area (Å²) in [6.07, 6.45) is 3.72. The molecule has 17 heavy (non-hydrogen) atoms. The molecule has 3 rings (SSSR count). The van der Waals surface area contributed by atoms with E-state index in [1.807, 2.05) is 13.8 Å². The summed E-state index contributed by atoms with van der Waals surface area (Å²) in [5, 5.41) is 2.92. The van der Waals surface area contributed by atoms with Gasteiger partial charge in [0.1, 0.15) is 0 Å². The second-order valence-corrected chi connectivity index (χ2v) is 4.14. The highest BCUT2D eigenvalue weighted by molar-refractivity contribution is 5.90. The summed E-state index contributed by atoms with van der Waals surface area (Å²) in [5.41, 5.74) is 3.06. The van der Waals surface area contributed by atoms with Crippen LogP contribution in [0.25, 0.3) is 10.8 Å².